The van der Waals surface area contributed by atoms with E-state index in [2.05, 4.69) is 10.6 Å². The van der Waals surface area contributed by atoms with Crippen molar-refractivity contribution >= 4 is 17.7 Å². The zero-order valence-corrected chi connectivity index (χ0v) is 16.8. The first-order valence-electron chi connectivity index (χ1n) is 9.82. The van der Waals surface area contributed by atoms with Crippen LogP contribution in [-0.2, 0) is 9.59 Å². The fourth-order valence-corrected chi connectivity index (χ4v) is 3.52. The lowest BCUT2D eigenvalue weighted by Crippen LogP contribution is -2.46. The molecular formula is C22H22F3N3O3. The van der Waals surface area contributed by atoms with Gasteiger partial charge in [0.1, 0.15) is 11.9 Å². The Morgan fingerprint density at radius 1 is 0.968 bits per heavy atom. The van der Waals surface area contributed by atoms with Crippen LogP contribution in [0.4, 0.5) is 13.2 Å². The monoisotopic (exact) mass is 433 g/mol. The van der Waals surface area contributed by atoms with Gasteiger partial charge >= 0.3 is 0 Å². The molecule has 1 aliphatic rings. The summed E-state index contributed by atoms with van der Waals surface area (Å²) in [6, 6.07) is 7.08. The number of nitrogens with one attached hydrogen (secondary N) is 2. The molecule has 3 rings (SSSR count). The van der Waals surface area contributed by atoms with Gasteiger partial charge in [0.2, 0.25) is 11.8 Å². The molecule has 0 saturated carbocycles. The maximum Gasteiger partial charge on any atom is 0.253 e. The summed E-state index contributed by atoms with van der Waals surface area (Å²) in [5.74, 6) is -4.27. The van der Waals surface area contributed by atoms with Crippen molar-refractivity contribution in [3.8, 4) is 0 Å². The van der Waals surface area contributed by atoms with Gasteiger partial charge in [0.15, 0.2) is 11.6 Å². The molecule has 1 fully saturated rings. The summed E-state index contributed by atoms with van der Waals surface area (Å²) in [7, 11) is 1.38. The minimum absolute atomic E-state index is 0.121. The van der Waals surface area contributed by atoms with E-state index in [1.54, 1.807) is 4.90 Å². The molecule has 31 heavy (non-hydrogen) atoms. The van der Waals surface area contributed by atoms with E-state index in [1.807, 2.05) is 0 Å². The van der Waals surface area contributed by atoms with Gasteiger partial charge < -0.3 is 15.5 Å². The number of halogens is 3. The second-order valence-corrected chi connectivity index (χ2v) is 7.30. The largest absolute Gasteiger partial charge is 0.357 e. The van der Waals surface area contributed by atoms with Crippen molar-refractivity contribution in [2.45, 2.75) is 18.9 Å². The summed E-state index contributed by atoms with van der Waals surface area (Å²) < 4.78 is 39.9. The van der Waals surface area contributed by atoms with Crippen LogP contribution >= 0.6 is 0 Å². The van der Waals surface area contributed by atoms with E-state index in [0.29, 0.717) is 31.5 Å². The van der Waals surface area contributed by atoms with Crippen LogP contribution in [0.2, 0.25) is 0 Å². The highest BCUT2D eigenvalue weighted by Crippen LogP contribution is 2.22. The Morgan fingerprint density at radius 3 is 2.19 bits per heavy atom. The number of hydrogen-bond donors (Lipinski definition) is 2. The van der Waals surface area contributed by atoms with E-state index in [1.165, 1.54) is 37.4 Å². The maximum atomic E-state index is 13.6. The van der Waals surface area contributed by atoms with Crippen molar-refractivity contribution in [2.75, 3.05) is 20.1 Å². The highest BCUT2D eigenvalue weighted by Gasteiger charge is 2.31. The number of piperidine rings is 1. The van der Waals surface area contributed by atoms with Crippen molar-refractivity contribution in [3.05, 3.63) is 71.0 Å². The van der Waals surface area contributed by atoms with Gasteiger partial charge in [-0.1, -0.05) is 6.07 Å². The van der Waals surface area contributed by atoms with Crippen LogP contribution in [0, 0.1) is 23.4 Å². The summed E-state index contributed by atoms with van der Waals surface area (Å²) in [5.41, 5.74) is 0.484. The van der Waals surface area contributed by atoms with E-state index < -0.39 is 41.2 Å². The minimum atomic E-state index is -1.17. The Hall–Kier alpha value is -3.36. The number of nitrogens with zero attached hydrogens (tertiary/aromatic N) is 1. The van der Waals surface area contributed by atoms with Gasteiger partial charge in [0.25, 0.3) is 5.91 Å². The number of rotatable bonds is 5. The lowest BCUT2D eigenvalue weighted by atomic mass is 9.94. The highest BCUT2D eigenvalue weighted by atomic mass is 19.2. The summed E-state index contributed by atoms with van der Waals surface area (Å²) >= 11 is 0. The third-order valence-corrected chi connectivity index (χ3v) is 5.32. The molecule has 9 heteroatoms. The third kappa shape index (κ3) is 5.22. The molecule has 0 bridgehead atoms. The summed E-state index contributed by atoms with van der Waals surface area (Å²) in [4.78, 5) is 39.1. The molecule has 0 aliphatic carbocycles. The Morgan fingerprint density at radius 2 is 1.61 bits per heavy atom. The van der Waals surface area contributed by atoms with Gasteiger partial charge in [-0.25, -0.2) is 13.2 Å². The van der Waals surface area contributed by atoms with Crippen LogP contribution < -0.4 is 10.6 Å². The first kappa shape index (κ1) is 22.3. The summed E-state index contributed by atoms with van der Waals surface area (Å²) in [6.07, 6.45) is 0.744. The average molecular weight is 433 g/mol. The van der Waals surface area contributed by atoms with Crippen LogP contribution in [0.15, 0.2) is 42.5 Å². The Labute approximate surface area is 177 Å². The van der Waals surface area contributed by atoms with Crippen molar-refractivity contribution in [1.82, 2.24) is 15.5 Å². The first-order valence-corrected chi connectivity index (χ1v) is 9.82. The minimum Gasteiger partial charge on any atom is -0.357 e. The zero-order valence-electron chi connectivity index (χ0n) is 16.8. The third-order valence-electron chi connectivity index (χ3n) is 5.32. The summed E-state index contributed by atoms with van der Waals surface area (Å²) in [5, 5.41) is 5.00. The van der Waals surface area contributed by atoms with Gasteiger partial charge in [-0.2, -0.15) is 0 Å². The Kier molecular flexibility index (Phi) is 6.94. The lowest BCUT2D eigenvalue weighted by Gasteiger charge is -2.32. The molecule has 2 aromatic carbocycles. The average Bonchev–Trinajstić information content (AvgIpc) is 2.79. The Balaban J connectivity index is 1.63. The molecule has 0 spiro atoms. The SMILES string of the molecule is CNC(=O)C(NC(=O)C1CCN(C(=O)c2ccc(F)cc2)CC1)c1ccc(F)c(F)c1. The van der Waals surface area contributed by atoms with Gasteiger partial charge in [-0.15, -0.1) is 0 Å². The Bertz CT molecular complexity index is 974. The number of amides is 3. The number of carbonyl (C=O) groups excluding carboxylic acids is 3. The van der Waals surface area contributed by atoms with Crippen LogP contribution in [0.1, 0.15) is 34.8 Å². The van der Waals surface area contributed by atoms with E-state index >= 15 is 0 Å². The van der Waals surface area contributed by atoms with Crippen molar-refractivity contribution in [2.24, 2.45) is 5.92 Å². The van der Waals surface area contributed by atoms with Crippen molar-refractivity contribution < 1.29 is 27.6 Å². The van der Waals surface area contributed by atoms with Gasteiger partial charge in [0, 0.05) is 31.6 Å². The fraction of sp³-hybridized carbons (Fsp3) is 0.318. The molecule has 1 atom stereocenters. The number of hydrogen-bond acceptors (Lipinski definition) is 3. The normalized spacial score (nSPS) is 15.3. The van der Waals surface area contributed by atoms with Gasteiger partial charge in [-0.05, 0) is 54.8 Å². The van der Waals surface area contributed by atoms with Gasteiger partial charge in [0.05, 0.1) is 0 Å². The highest BCUT2D eigenvalue weighted by molar-refractivity contribution is 5.94. The van der Waals surface area contributed by atoms with Gasteiger partial charge in [-0.3, -0.25) is 14.4 Å². The summed E-state index contributed by atoms with van der Waals surface area (Å²) in [6.45, 7) is 0.647. The molecule has 2 N–H and O–H groups in total. The van der Waals surface area contributed by atoms with Crippen LogP contribution in [0.25, 0.3) is 0 Å². The van der Waals surface area contributed by atoms with Crippen molar-refractivity contribution in [3.63, 3.8) is 0 Å². The maximum absolute atomic E-state index is 13.6. The number of likely N-dealkylation sites (tertiary alicyclic amines) is 1. The van der Waals surface area contributed by atoms with E-state index in [4.69, 9.17) is 0 Å². The molecule has 1 heterocycles. The molecule has 0 radical (unpaired) electrons. The molecule has 1 unspecified atom stereocenters. The second kappa shape index (κ2) is 9.63. The van der Waals surface area contributed by atoms with Crippen LogP contribution in [-0.4, -0.2) is 42.8 Å². The molecule has 1 saturated heterocycles. The quantitative estimate of drug-likeness (QED) is 0.761. The topological polar surface area (TPSA) is 78.5 Å². The zero-order chi connectivity index (χ0) is 22.5. The predicted octanol–water partition coefficient (Wildman–Crippen LogP) is 2.56. The van der Waals surface area contributed by atoms with E-state index in [0.717, 1.165) is 12.1 Å². The molecule has 1 aliphatic heterocycles. The second-order valence-electron chi connectivity index (χ2n) is 7.30. The molecule has 164 valence electrons. The molecule has 2 aromatic rings. The molecule has 6 nitrogen and oxygen atoms in total. The first-order chi connectivity index (χ1) is 14.8. The molecular weight excluding hydrogens is 411 g/mol. The van der Waals surface area contributed by atoms with Crippen molar-refractivity contribution in [1.29, 1.82) is 0 Å². The van der Waals surface area contributed by atoms with E-state index in [-0.39, 0.29) is 11.5 Å². The number of benzene rings is 2. The molecule has 0 aromatic heterocycles. The standard InChI is InChI=1S/C22H22F3N3O3/c1-26-21(30)19(15-4-7-17(24)18(25)12-15)27-20(29)13-8-10-28(11-9-13)22(31)14-2-5-16(23)6-3-14/h2-7,12-13,19H,8-11H2,1H3,(H,26,30)(H,27,29). The van der Waals surface area contributed by atoms with Crippen LogP contribution in [0.5, 0.6) is 0 Å². The predicted molar refractivity (Wildman–Crippen MR) is 106 cm³/mol. The fourth-order valence-electron chi connectivity index (χ4n) is 3.52. The lowest BCUT2D eigenvalue weighted by molar-refractivity contribution is -0.131. The van der Waals surface area contributed by atoms with Crippen LogP contribution in [0.3, 0.4) is 0 Å². The molecule has 3 amide bonds. The number of likely N-dealkylation sites (N-methyl/N-ethyl adjacent to an activating group) is 1. The smallest absolute Gasteiger partial charge is 0.253 e. The number of carbonyl (C=O) groups is 3. The van der Waals surface area contributed by atoms with E-state index in [9.17, 15) is 27.6 Å².